The van der Waals surface area contributed by atoms with Crippen LogP contribution in [0.15, 0.2) is 84.3 Å². The molecule has 0 bridgehead atoms. The Bertz CT molecular complexity index is 1220. The molecular weight excluding hydrogens is 400 g/mol. The number of anilines is 2. The van der Waals surface area contributed by atoms with Crippen molar-refractivity contribution >= 4 is 33.5 Å². The lowest BCUT2D eigenvalue weighted by atomic mass is 10.1. The highest BCUT2D eigenvalue weighted by atomic mass is 32.2. The summed E-state index contributed by atoms with van der Waals surface area (Å²) in [7, 11) is -2.59. The van der Waals surface area contributed by atoms with Crippen molar-refractivity contribution in [2.75, 3.05) is 16.3 Å². The van der Waals surface area contributed by atoms with Gasteiger partial charge in [-0.1, -0.05) is 55.1 Å². The lowest BCUT2D eigenvalue weighted by molar-refractivity contribution is 0.253. The van der Waals surface area contributed by atoms with E-state index in [1.54, 1.807) is 42.5 Å². The van der Waals surface area contributed by atoms with Gasteiger partial charge in [0.2, 0.25) is 0 Å². The van der Waals surface area contributed by atoms with Crippen molar-refractivity contribution in [3.63, 3.8) is 0 Å². The van der Waals surface area contributed by atoms with Gasteiger partial charge in [-0.15, -0.1) is 0 Å². The number of sulfonamides is 1. The molecule has 7 heteroatoms. The summed E-state index contributed by atoms with van der Waals surface area (Å²) >= 11 is 0. The van der Waals surface area contributed by atoms with Gasteiger partial charge in [0.15, 0.2) is 0 Å². The van der Waals surface area contributed by atoms with E-state index in [2.05, 4.69) is 6.58 Å². The van der Waals surface area contributed by atoms with Crippen molar-refractivity contribution in [1.29, 1.82) is 0 Å². The van der Waals surface area contributed by atoms with E-state index in [4.69, 9.17) is 4.74 Å². The first-order valence-corrected chi connectivity index (χ1v) is 10.7. The Kier molecular flexibility index (Phi) is 5.05. The Labute approximate surface area is 175 Å². The SMILES string of the molecule is C=Cc1ccc(CN2C(=O)N(c3cccc(OC)c3)S(=O)(=O)c3ccccc32)cc1. The second-order valence-electron chi connectivity index (χ2n) is 6.75. The molecule has 0 unspecified atom stereocenters. The van der Waals surface area contributed by atoms with Crippen molar-refractivity contribution in [1.82, 2.24) is 0 Å². The van der Waals surface area contributed by atoms with Crippen LogP contribution < -0.4 is 13.9 Å². The molecule has 0 aromatic heterocycles. The summed E-state index contributed by atoms with van der Waals surface area (Å²) in [6, 6.07) is 19.9. The van der Waals surface area contributed by atoms with Crippen LogP contribution in [0.3, 0.4) is 0 Å². The Morgan fingerprint density at radius 1 is 1.00 bits per heavy atom. The first kappa shape index (κ1) is 19.7. The molecule has 0 N–H and O–H groups in total. The maximum atomic E-state index is 13.4. The van der Waals surface area contributed by atoms with Gasteiger partial charge in [-0.2, -0.15) is 4.31 Å². The average Bonchev–Trinajstić information content (AvgIpc) is 2.77. The second kappa shape index (κ2) is 7.68. The van der Waals surface area contributed by atoms with Gasteiger partial charge in [-0.25, -0.2) is 13.2 Å². The summed E-state index contributed by atoms with van der Waals surface area (Å²) < 4.78 is 32.7. The van der Waals surface area contributed by atoms with Crippen LogP contribution in [0, 0.1) is 0 Å². The van der Waals surface area contributed by atoms with Gasteiger partial charge in [0.05, 0.1) is 25.0 Å². The number of hydrogen-bond donors (Lipinski definition) is 0. The van der Waals surface area contributed by atoms with Gasteiger partial charge in [-0.05, 0) is 35.4 Å². The van der Waals surface area contributed by atoms with E-state index in [1.165, 1.54) is 24.1 Å². The lowest BCUT2D eigenvalue weighted by Crippen LogP contribution is -2.50. The number of methoxy groups -OCH3 is 1. The molecule has 152 valence electrons. The van der Waals surface area contributed by atoms with Crippen molar-refractivity contribution in [2.24, 2.45) is 0 Å². The molecule has 0 saturated heterocycles. The third-order valence-corrected chi connectivity index (χ3v) is 6.67. The van der Waals surface area contributed by atoms with E-state index in [-0.39, 0.29) is 17.1 Å². The third-order valence-electron chi connectivity index (χ3n) is 4.92. The topological polar surface area (TPSA) is 66.9 Å². The molecule has 0 spiro atoms. The number of fused-ring (bicyclic) bond motifs is 1. The van der Waals surface area contributed by atoms with Crippen LogP contribution in [-0.4, -0.2) is 21.6 Å². The van der Waals surface area contributed by atoms with Gasteiger partial charge < -0.3 is 4.74 Å². The highest BCUT2D eigenvalue weighted by Crippen LogP contribution is 2.38. The van der Waals surface area contributed by atoms with Crippen molar-refractivity contribution in [2.45, 2.75) is 11.4 Å². The Hall–Kier alpha value is -3.58. The van der Waals surface area contributed by atoms with Crippen LogP contribution in [0.2, 0.25) is 0 Å². The molecule has 1 aliphatic rings. The summed E-state index contributed by atoms with van der Waals surface area (Å²) in [4.78, 5) is 15.0. The number of rotatable bonds is 5. The van der Waals surface area contributed by atoms with E-state index in [1.807, 2.05) is 24.3 Å². The van der Waals surface area contributed by atoms with E-state index in [0.29, 0.717) is 11.4 Å². The number of benzene rings is 3. The Morgan fingerprint density at radius 3 is 2.43 bits per heavy atom. The standard InChI is InChI=1S/C23H20N2O4S/c1-3-17-11-13-18(14-12-17)16-24-21-9-4-5-10-22(21)30(27,28)25(23(24)26)19-7-6-8-20(15-19)29-2/h3-15H,1,16H2,2H3. The van der Waals surface area contributed by atoms with Crippen LogP contribution in [-0.2, 0) is 16.6 Å². The monoisotopic (exact) mass is 420 g/mol. The Balaban J connectivity index is 1.83. The Morgan fingerprint density at radius 2 is 1.73 bits per heavy atom. The van der Waals surface area contributed by atoms with Crippen LogP contribution in [0.4, 0.5) is 16.2 Å². The van der Waals surface area contributed by atoms with Gasteiger partial charge in [0.1, 0.15) is 10.6 Å². The maximum absolute atomic E-state index is 13.4. The summed E-state index contributed by atoms with van der Waals surface area (Å²) in [6.07, 6.45) is 1.74. The molecule has 4 rings (SSSR count). The average molecular weight is 420 g/mol. The lowest BCUT2D eigenvalue weighted by Gasteiger charge is -2.36. The number of nitrogens with zero attached hydrogens (tertiary/aromatic N) is 2. The van der Waals surface area contributed by atoms with Crippen LogP contribution in [0.5, 0.6) is 5.75 Å². The fourth-order valence-corrected chi connectivity index (χ4v) is 4.98. The van der Waals surface area contributed by atoms with E-state index < -0.39 is 16.1 Å². The summed E-state index contributed by atoms with van der Waals surface area (Å²) in [6.45, 7) is 3.97. The molecule has 1 heterocycles. The van der Waals surface area contributed by atoms with Crippen molar-refractivity contribution < 1.29 is 17.9 Å². The van der Waals surface area contributed by atoms with Gasteiger partial charge in [-0.3, -0.25) is 4.90 Å². The number of hydrogen-bond acceptors (Lipinski definition) is 4. The predicted molar refractivity (Wildman–Crippen MR) is 117 cm³/mol. The molecule has 30 heavy (non-hydrogen) atoms. The van der Waals surface area contributed by atoms with Gasteiger partial charge >= 0.3 is 6.03 Å². The van der Waals surface area contributed by atoms with Gasteiger partial charge in [0, 0.05) is 6.07 Å². The highest BCUT2D eigenvalue weighted by molar-refractivity contribution is 7.94. The second-order valence-corrected chi connectivity index (χ2v) is 8.51. The summed E-state index contributed by atoms with van der Waals surface area (Å²) in [5.74, 6) is 0.459. The van der Waals surface area contributed by atoms with Crippen LogP contribution in [0.1, 0.15) is 11.1 Å². The fourth-order valence-electron chi connectivity index (χ4n) is 3.39. The zero-order valence-corrected chi connectivity index (χ0v) is 17.2. The fraction of sp³-hybridized carbons (Fsp3) is 0.0870. The predicted octanol–water partition coefficient (Wildman–Crippen LogP) is 4.67. The largest absolute Gasteiger partial charge is 0.497 e. The molecule has 0 fully saturated rings. The molecule has 0 saturated carbocycles. The van der Waals surface area contributed by atoms with Gasteiger partial charge in [0.25, 0.3) is 10.0 Å². The van der Waals surface area contributed by atoms with Crippen molar-refractivity contribution in [3.05, 3.63) is 90.5 Å². The number of amides is 2. The first-order chi connectivity index (χ1) is 14.5. The number of urea groups is 1. The number of carbonyl (C=O) groups is 1. The summed E-state index contributed by atoms with van der Waals surface area (Å²) in [5.41, 5.74) is 2.41. The number of carbonyl (C=O) groups excluding carboxylic acids is 1. The minimum atomic E-state index is -4.07. The van der Waals surface area contributed by atoms with Crippen molar-refractivity contribution in [3.8, 4) is 5.75 Å². The smallest absolute Gasteiger partial charge is 0.343 e. The molecule has 1 aliphatic heterocycles. The molecule has 0 aliphatic carbocycles. The molecular formula is C23H20N2O4S. The molecule has 3 aromatic carbocycles. The minimum absolute atomic E-state index is 0.0788. The molecule has 6 nitrogen and oxygen atoms in total. The van der Waals surface area contributed by atoms with E-state index in [9.17, 15) is 13.2 Å². The van der Waals surface area contributed by atoms with E-state index >= 15 is 0 Å². The molecule has 3 aromatic rings. The zero-order chi connectivity index (χ0) is 21.3. The van der Waals surface area contributed by atoms with E-state index in [0.717, 1.165) is 15.4 Å². The molecule has 2 amide bonds. The third kappa shape index (κ3) is 3.33. The van der Waals surface area contributed by atoms with Crippen LogP contribution >= 0.6 is 0 Å². The molecule has 0 radical (unpaired) electrons. The molecule has 0 atom stereocenters. The first-order valence-electron chi connectivity index (χ1n) is 9.27. The minimum Gasteiger partial charge on any atom is -0.497 e. The number of ether oxygens (including phenoxy) is 1. The van der Waals surface area contributed by atoms with Crippen LogP contribution in [0.25, 0.3) is 6.08 Å². The quantitative estimate of drug-likeness (QED) is 0.601. The normalized spacial score (nSPS) is 14.9. The number of para-hydroxylation sites is 1. The zero-order valence-electron chi connectivity index (χ0n) is 16.4. The summed E-state index contributed by atoms with van der Waals surface area (Å²) in [5, 5.41) is 0. The maximum Gasteiger partial charge on any atom is 0.343 e. The highest BCUT2D eigenvalue weighted by Gasteiger charge is 2.42.